The summed E-state index contributed by atoms with van der Waals surface area (Å²) < 4.78 is 20.6. The van der Waals surface area contributed by atoms with E-state index < -0.39 is 0 Å². The molecule has 1 aliphatic carbocycles. The highest BCUT2D eigenvalue weighted by Gasteiger charge is 2.24. The van der Waals surface area contributed by atoms with Crippen molar-refractivity contribution in [1.82, 2.24) is 0 Å². The van der Waals surface area contributed by atoms with E-state index in [0.717, 1.165) is 16.0 Å². The molecule has 3 rings (SSSR count). The first-order chi connectivity index (χ1) is 10.7. The van der Waals surface area contributed by atoms with Gasteiger partial charge in [-0.15, -0.1) is 11.3 Å². The van der Waals surface area contributed by atoms with Crippen LogP contribution in [0.2, 0.25) is 0 Å². The van der Waals surface area contributed by atoms with Gasteiger partial charge in [0.2, 0.25) is 0 Å². The Kier molecular flexibility index (Phi) is 5.02. The summed E-state index contributed by atoms with van der Waals surface area (Å²) in [5.74, 6) is 1.74. The van der Waals surface area contributed by atoms with Crippen molar-refractivity contribution in [3.63, 3.8) is 0 Å². The van der Waals surface area contributed by atoms with E-state index in [-0.39, 0.29) is 5.82 Å². The molecule has 1 nitrogen and oxygen atoms in total. The third kappa shape index (κ3) is 3.15. The van der Waals surface area contributed by atoms with Gasteiger partial charge in [0.15, 0.2) is 11.6 Å². The summed E-state index contributed by atoms with van der Waals surface area (Å²) in [6.07, 6.45) is 7.85. The van der Waals surface area contributed by atoms with Crippen LogP contribution in [0.1, 0.15) is 63.2 Å². The van der Waals surface area contributed by atoms with Crippen molar-refractivity contribution < 1.29 is 9.13 Å². The van der Waals surface area contributed by atoms with E-state index in [0.29, 0.717) is 18.3 Å². The Labute approximate surface area is 136 Å². The molecule has 1 heterocycles. The van der Waals surface area contributed by atoms with Crippen molar-refractivity contribution in [2.24, 2.45) is 5.92 Å². The summed E-state index contributed by atoms with van der Waals surface area (Å²) in [6, 6.07) is 5.95. The van der Waals surface area contributed by atoms with E-state index in [9.17, 15) is 4.39 Å². The number of fused-ring (bicyclic) bond motifs is 1. The third-order valence-electron chi connectivity index (χ3n) is 4.86. The molecule has 0 unspecified atom stereocenters. The molecule has 0 bridgehead atoms. The maximum absolute atomic E-state index is 14.5. The van der Waals surface area contributed by atoms with Crippen molar-refractivity contribution in [3.8, 4) is 5.75 Å². The number of benzene rings is 1. The standard InChI is InChI=1S/C19H25FOS/c1-3-5-13-6-8-14(9-7-13)17-12-15-10-11-16(21-4-2)18(20)19(15)22-17/h10-14H,3-9H2,1-2H3. The average molecular weight is 320 g/mol. The molecule has 0 aliphatic heterocycles. The first kappa shape index (κ1) is 15.8. The van der Waals surface area contributed by atoms with Crippen molar-refractivity contribution >= 4 is 21.4 Å². The van der Waals surface area contributed by atoms with Crippen molar-refractivity contribution in [1.29, 1.82) is 0 Å². The van der Waals surface area contributed by atoms with Gasteiger partial charge in [-0.05, 0) is 68.0 Å². The SMILES string of the molecule is CCCC1CCC(c2cc3ccc(OCC)c(F)c3s2)CC1. The Bertz CT molecular complexity index is 626. The molecule has 0 atom stereocenters. The predicted molar refractivity (Wildman–Crippen MR) is 92.6 cm³/mol. The molecular weight excluding hydrogens is 295 g/mol. The molecule has 0 radical (unpaired) electrons. The van der Waals surface area contributed by atoms with E-state index in [4.69, 9.17) is 4.74 Å². The fourth-order valence-electron chi connectivity index (χ4n) is 3.68. The Hall–Kier alpha value is -1.09. The summed E-state index contributed by atoms with van der Waals surface area (Å²) in [6.45, 7) is 4.66. The minimum Gasteiger partial charge on any atom is -0.491 e. The second-order valence-corrected chi connectivity index (χ2v) is 7.47. The van der Waals surface area contributed by atoms with Crippen LogP contribution >= 0.6 is 11.3 Å². The maximum atomic E-state index is 14.5. The van der Waals surface area contributed by atoms with Crippen LogP contribution in [0.3, 0.4) is 0 Å². The summed E-state index contributed by atoms with van der Waals surface area (Å²) in [4.78, 5) is 1.36. The van der Waals surface area contributed by atoms with Gasteiger partial charge >= 0.3 is 0 Å². The maximum Gasteiger partial charge on any atom is 0.182 e. The molecule has 1 saturated carbocycles. The highest BCUT2D eigenvalue weighted by Crippen LogP contribution is 2.43. The van der Waals surface area contributed by atoms with Crippen LogP contribution in [0.5, 0.6) is 5.75 Å². The van der Waals surface area contributed by atoms with Gasteiger partial charge in [-0.25, -0.2) is 4.39 Å². The normalized spacial score (nSPS) is 22.1. The van der Waals surface area contributed by atoms with Gasteiger partial charge in [0.1, 0.15) is 0 Å². The van der Waals surface area contributed by atoms with Crippen LogP contribution in [-0.2, 0) is 0 Å². The predicted octanol–water partition coefficient (Wildman–Crippen LogP) is 6.51. The molecule has 3 heteroatoms. The quantitative estimate of drug-likeness (QED) is 0.610. The molecule has 2 aromatic rings. The molecule has 1 aromatic heterocycles. The zero-order chi connectivity index (χ0) is 15.5. The van der Waals surface area contributed by atoms with E-state index in [1.807, 2.05) is 13.0 Å². The van der Waals surface area contributed by atoms with Gasteiger partial charge in [0.05, 0.1) is 11.3 Å². The zero-order valence-corrected chi connectivity index (χ0v) is 14.3. The lowest BCUT2D eigenvalue weighted by molar-refractivity contribution is 0.310. The van der Waals surface area contributed by atoms with Gasteiger partial charge in [0.25, 0.3) is 0 Å². The second kappa shape index (κ2) is 6.99. The third-order valence-corrected chi connectivity index (χ3v) is 6.16. The summed E-state index contributed by atoms with van der Waals surface area (Å²) in [7, 11) is 0. The van der Waals surface area contributed by atoms with Gasteiger partial charge < -0.3 is 4.74 Å². The Balaban J connectivity index is 1.79. The number of halogens is 1. The smallest absolute Gasteiger partial charge is 0.182 e. The number of ether oxygens (including phenoxy) is 1. The number of thiophene rings is 1. The van der Waals surface area contributed by atoms with Crippen LogP contribution < -0.4 is 4.74 Å². The lowest BCUT2D eigenvalue weighted by Gasteiger charge is -2.27. The lowest BCUT2D eigenvalue weighted by atomic mass is 9.79. The molecule has 0 amide bonds. The monoisotopic (exact) mass is 320 g/mol. The minimum atomic E-state index is -0.185. The van der Waals surface area contributed by atoms with E-state index in [1.165, 1.54) is 43.4 Å². The van der Waals surface area contributed by atoms with Crippen LogP contribution in [0.4, 0.5) is 4.39 Å². The first-order valence-corrected chi connectivity index (χ1v) is 9.39. The number of hydrogen-bond donors (Lipinski definition) is 0. The van der Waals surface area contributed by atoms with Crippen LogP contribution in [0.15, 0.2) is 18.2 Å². The highest BCUT2D eigenvalue weighted by atomic mass is 32.1. The van der Waals surface area contributed by atoms with Gasteiger partial charge in [0, 0.05) is 4.88 Å². The van der Waals surface area contributed by atoms with Crippen LogP contribution in [-0.4, -0.2) is 6.61 Å². The van der Waals surface area contributed by atoms with E-state index in [2.05, 4.69) is 13.0 Å². The number of rotatable bonds is 5. The van der Waals surface area contributed by atoms with Gasteiger partial charge in [-0.3, -0.25) is 0 Å². The summed E-state index contributed by atoms with van der Waals surface area (Å²) >= 11 is 1.63. The molecule has 1 aromatic carbocycles. The second-order valence-electron chi connectivity index (χ2n) is 6.38. The average Bonchev–Trinajstić information content (AvgIpc) is 2.96. The van der Waals surface area contributed by atoms with Crippen molar-refractivity contribution in [3.05, 3.63) is 28.9 Å². The first-order valence-electron chi connectivity index (χ1n) is 8.57. The van der Waals surface area contributed by atoms with E-state index in [1.54, 1.807) is 17.4 Å². The zero-order valence-electron chi connectivity index (χ0n) is 13.5. The topological polar surface area (TPSA) is 9.23 Å². The van der Waals surface area contributed by atoms with Gasteiger partial charge in [-0.1, -0.05) is 19.8 Å². The summed E-state index contributed by atoms with van der Waals surface area (Å²) in [5.41, 5.74) is 0. The molecule has 120 valence electrons. The molecular formula is C19H25FOS. The van der Waals surface area contributed by atoms with Crippen LogP contribution in [0.25, 0.3) is 10.1 Å². The highest BCUT2D eigenvalue weighted by molar-refractivity contribution is 7.19. The fourth-order valence-corrected chi connectivity index (χ4v) is 4.94. The Morgan fingerprint density at radius 1 is 1.18 bits per heavy atom. The van der Waals surface area contributed by atoms with Crippen molar-refractivity contribution in [2.45, 2.75) is 58.3 Å². The Morgan fingerprint density at radius 2 is 1.95 bits per heavy atom. The minimum absolute atomic E-state index is 0.185. The Morgan fingerprint density at radius 3 is 2.64 bits per heavy atom. The number of hydrogen-bond acceptors (Lipinski definition) is 2. The van der Waals surface area contributed by atoms with Crippen molar-refractivity contribution in [2.75, 3.05) is 6.61 Å². The van der Waals surface area contributed by atoms with Crippen LogP contribution in [0, 0.1) is 11.7 Å². The molecule has 0 saturated heterocycles. The van der Waals surface area contributed by atoms with E-state index >= 15 is 0 Å². The molecule has 0 N–H and O–H groups in total. The fraction of sp³-hybridized carbons (Fsp3) is 0.579. The van der Waals surface area contributed by atoms with Gasteiger partial charge in [-0.2, -0.15) is 0 Å². The molecule has 1 fully saturated rings. The molecule has 1 aliphatic rings. The summed E-state index contributed by atoms with van der Waals surface area (Å²) in [5, 5.41) is 1.02. The molecule has 0 spiro atoms. The lowest BCUT2D eigenvalue weighted by Crippen LogP contribution is -2.12. The molecule has 22 heavy (non-hydrogen) atoms. The largest absolute Gasteiger partial charge is 0.491 e.